The highest BCUT2D eigenvalue weighted by atomic mass is 16.5. The largest absolute Gasteiger partial charge is 0.369 e. The number of hydrogen-bond acceptors (Lipinski definition) is 5. The molecule has 0 saturated carbocycles. The summed E-state index contributed by atoms with van der Waals surface area (Å²) in [6, 6.07) is 10.6. The topological polar surface area (TPSA) is 87.6 Å². The molecule has 1 aromatic carbocycles. The van der Waals surface area contributed by atoms with Crippen molar-refractivity contribution in [1.82, 2.24) is 29.8 Å². The third-order valence-corrected chi connectivity index (χ3v) is 5.73. The summed E-state index contributed by atoms with van der Waals surface area (Å²) in [6.07, 6.45) is 3.64. The molecule has 5 rings (SSSR count). The number of H-pyrrole nitrogens is 1. The Morgan fingerprint density at radius 2 is 2.23 bits per heavy atom. The molecule has 0 radical (unpaired) electrons. The Morgan fingerprint density at radius 3 is 3.10 bits per heavy atom. The highest BCUT2D eigenvalue weighted by molar-refractivity contribution is 5.79. The predicted octanol–water partition coefficient (Wildman–Crippen LogP) is 2.73. The number of aryl methyl sites for hydroxylation is 1. The van der Waals surface area contributed by atoms with Crippen LogP contribution in [0.15, 0.2) is 42.7 Å². The van der Waals surface area contributed by atoms with Gasteiger partial charge in [0.25, 0.3) is 0 Å². The number of nitrogens with zero attached hydrogens (tertiary/aromatic N) is 4. The van der Waals surface area contributed by atoms with E-state index >= 15 is 0 Å². The Morgan fingerprint density at radius 1 is 1.32 bits per heavy atom. The minimum Gasteiger partial charge on any atom is -0.369 e. The molecular formula is C23H26N6O2. The number of nitrogens with one attached hydrogen (secondary N) is 2. The second-order valence-corrected chi connectivity index (χ2v) is 8.13. The number of carbonyl (C=O) groups excluding carboxylic acids is 1. The van der Waals surface area contributed by atoms with Crippen molar-refractivity contribution in [3.8, 4) is 0 Å². The van der Waals surface area contributed by atoms with Crippen molar-refractivity contribution in [2.75, 3.05) is 19.7 Å². The first kappa shape index (κ1) is 19.7. The van der Waals surface area contributed by atoms with Crippen LogP contribution in [-0.4, -0.2) is 50.1 Å². The Hall–Kier alpha value is -3.23. The maximum Gasteiger partial charge on any atom is 0.217 e. The first-order valence-corrected chi connectivity index (χ1v) is 10.6. The molecule has 8 heteroatoms. The summed E-state index contributed by atoms with van der Waals surface area (Å²) in [5, 5.41) is 8.76. The normalized spacial score (nSPS) is 17.4. The number of amides is 1. The molecule has 1 atom stereocenters. The van der Waals surface area contributed by atoms with Gasteiger partial charge >= 0.3 is 0 Å². The van der Waals surface area contributed by atoms with Gasteiger partial charge in [-0.3, -0.25) is 9.69 Å². The number of carbonyl (C=O) groups is 1. The number of benzene rings is 1. The van der Waals surface area contributed by atoms with Crippen LogP contribution >= 0.6 is 0 Å². The standard InChI is InChI=1S/C23H26N6O2/c1-15-9-22-26-12-19(11-25-16(2)30)23(29(22)27-15)21-14-28(7-8-31-21)13-17-3-4-20-18(10-17)5-6-24-20/h3-6,9-10,12,21,24H,7-8,11,13-14H2,1-2H3,(H,25,30). The fourth-order valence-electron chi connectivity index (χ4n) is 4.27. The summed E-state index contributed by atoms with van der Waals surface area (Å²) < 4.78 is 8.07. The summed E-state index contributed by atoms with van der Waals surface area (Å²) >= 11 is 0. The first-order valence-electron chi connectivity index (χ1n) is 10.6. The quantitative estimate of drug-likeness (QED) is 0.520. The average Bonchev–Trinajstić information content (AvgIpc) is 3.37. The third kappa shape index (κ3) is 4.04. The zero-order chi connectivity index (χ0) is 21.4. The number of rotatable bonds is 5. The van der Waals surface area contributed by atoms with E-state index in [0.717, 1.165) is 47.7 Å². The lowest BCUT2D eigenvalue weighted by molar-refractivity contribution is -0.119. The van der Waals surface area contributed by atoms with E-state index in [1.165, 1.54) is 17.9 Å². The van der Waals surface area contributed by atoms with Gasteiger partial charge in [-0.2, -0.15) is 5.10 Å². The molecule has 8 nitrogen and oxygen atoms in total. The highest BCUT2D eigenvalue weighted by Crippen LogP contribution is 2.27. The molecule has 2 N–H and O–H groups in total. The Kier molecular flexibility index (Phi) is 5.17. The van der Waals surface area contributed by atoms with Crippen molar-refractivity contribution in [3.63, 3.8) is 0 Å². The molecule has 1 aliphatic heterocycles. The van der Waals surface area contributed by atoms with Crippen LogP contribution in [0.25, 0.3) is 16.6 Å². The predicted molar refractivity (Wildman–Crippen MR) is 118 cm³/mol. The Bertz CT molecular complexity index is 1240. The van der Waals surface area contributed by atoms with Crippen molar-refractivity contribution < 1.29 is 9.53 Å². The van der Waals surface area contributed by atoms with Crippen LogP contribution in [0.3, 0.4) is 0 Å². The molecule has 1 amide bonds. The van der Waals surface area contributed by atoms with Crippen molar-refractivity contribution in [1.29, 1.82) is 0 Å². The van der Waals surface area contributed by atoms with E-state index in [1.54, 1.807) is 0 Å². The second kappa shape index (κ2) is 8.13. The van der Waals surface area contributed by atoms with E-state index in [0.29, 0.717) is 13.2 Å². The van der Waals surface area contributed by atoms with Crippen LogP contribution in [0.5, 0.6) is 0 Å². The third-order valence-electron chi connectivity index (χ3n) is 5.73. The molecule has 4 heterocycles. The summed E-state index contributed by atoms with van der Waals surface area (Å²) in [5.41, 5.74) is 6.00. The van der Waals surface area contributed by atoms with Crippen LogP contribution < -0.4 is 5.32 Å². The van der Waals surface area contributed by atoms with Crippen molar-refractivity contribution in [2.24, 2.45) is 0 Å². The Labute approximate surface area is 180 Å². The van der Waals surface area contributed by atoms with Crippen LogP contribution in [0, 0.1) is 6.92 Å². The molecule has 1 fully saturated rings. The van der Waals surface area contributed by atoms with Gasteiger partial charge in [0.15, 0.2) is 5.65 Å². The summed E-state index contributed by atoms with van der Waals surface area (Å²) in [5.74, 6) is -0.0750. The SMILES string of the molecule is CC(=O)NCc1cnc2cc(C)nn2c1C1CN(Cc2ccc3[nH]ccc3c2)CCO1. The lowest BCUT2D eigenvalue weighted by atomic mass is 10.1. The van der Waals surface area contributed by atoms with Gasteiger partial charge in [-0.15, -0.1) is 0 Å². The number of aromatic amines is 1. The minimum atomic E-state index is -0.154. The number of morpholine rings is 1. The maximum absolute atomic E-state index is 11.5. The highest BCUT2D eigenvalue weighted by Gasteiger charge is 2.27. The van der Waals surface area contributed by atoms with E-state index in [-0.39, 0.29) is 12.0 Å². The fraction of sp³-hybridized carbons (Fsp3) is 0.348. The van der Waals surface area contributed by atoms with Gasteiger partial charge < -0.3 is 15.0 Å². The maximum atomic E-state index is 11.5. The van der Waals surface area contributed by atoms with E-state index < -0.39 is 0 Å². The van der Waals surface area contributed by atoms with Crippen molar-refractivity contribution >= 4 is 22.5 Å². The van der Waals surface area contributed by atoms with Crippen LogP contribution in [0.2, 0.25) is 0 Å². The lowest BCUT2D eigenvalue weighted by Crippen LogP contribution is -2.39. The first-order chi connectivity index (χ1) is 15.1. The van der Waals surface area contributed by atoms with E-state index in [1.807, 2.05) is 29.9 Å². The number of fused-ring (bicyclic) bond motifs is 2. The Balaban J connectivity index is 1.43. The number of hydrogen-bond donors (Lipinski definition) is 2. The molecule has 1 aliphatic rings. The van der Waals surface area contributed by atoms with Gasteiger partial charge in [-0.05, 0) is 36.1 Å². The monoisotopic (exact) mass is 418 g/mol. The van der Waals surface area contributed by atoms with Gasteiger partial charge in [-0.1, -0.05) is 6.07 Å². The van der Waals surface area contributed by atoms with Crippen molar-refractivity contribution in [2.45, 2.75) is 33.0 Å². The zero-order valence-corrected chi connectivity index (χ0v) is 17.8. The summed E-state index contributed by atoms with van der Waals surface area (Å²) in [7, 11) is 0. The molecule has 0 spiro atoms. The lowest BCUT2D eigenvalue weighted by Gasteiger charge is -2.34. The fourth-order valence-corrected chi connectivity index (χ4v) is 4.27. The molecule has 1 saturated heterocycles. The summed E-state index contributed by atoms with van der Waals surface area (Å²) in [4.78, 5) is 21.7. The minimum absolute atomic E-state index is 0.0750. The van der Waals surface area contributed by atoms with E-state index in [4.69, 9.17) is 4.74 Å². The molecule has 1 unspecified atom stereocenters. The van der Waals surface area contributed by atoms with Gasteiger partial charge in [0.1, 0.15) is 6.10 Å². The molecule has 31 heavy (non-hydrogen) atoms. The van der Waals surface area contributed by atoms with Crippen LogP contribution in [0.4, 0.5) is 0 Å². The molecular weight excluding hydrogens is 392 g/mol. The molecule has 3 aromatic heterocycles. The second-order valence-electron chi connectivity index (χ2n) is 8.13. The molecule has 4 aromatic rings. The molecule has 160 valence electrons. The molecule has 0 aliphatic carbocycles. The van der Waals surface area contributed by atoms with Gasteiger partial charge in [0.2, 0.25) is 5.91 Å². The van der Waals surface area contributed by atoms with Gasteiger partial charge in [0.05, 0.1) is 18.0 Å². The van der Waals surface area contributed by atoms with E-state index in [9.17, 15) is 4.79 Å². The zero-order valence-electron chi connectivity index (χ0n) is 17.8. The average molecular weight is 419 g/mol. The van der Waals surface area contributed by atoms with Crippen LogP contribution in [0.1, 0.15) is 35.5 Å². The van der Waals surface area contributed by atoms with Crippen LogP contribution in [-0.2, 0) is 22.6 Å². The number of ether oxygens (including phenoxy) is 1. The van der Waals surface area contributed by atoms with Gasteiger partial charge in [0, 0.05) is 62.6 Å². The van der Waals surface area contributed by atoms with Crippen molar-refractivity contribution in [3.05, 3.63) is 65.2 Å². The van der Waals surface area contributed by atoms with Gasteiger partial charge in [-0.25, -0.2) is 9.50 Å². The smallest absolute Gasteiger partial charge is 0.217 e. The van der Waals surface area contributed by atoms with E-state index in [2.05, 4.69) is 49.5 Å². The molecule has 0 bridgehead atoms. The summed E-state index contributed by atoms with van der Waals surface area (Å²) in [6.45, 7) is 6.98. The number of aromatic nitrogens is 4.